The smallest absolute Gasteiger partial charge is 0.320 e. The van der Waals surface area contributed by atoms with Gasteiger partial charge in [-0.3, -0.25) is 9.59 Å². The minimum Gasteiger partial charge on any atom is -0.484 e. The molecule has 0 saturated carbocycles. The molecule has 9 heteroatoms. The average Bonchev–Trinajstić information content (AvgIpc) is 2.67. The van der Waals surface area contributed by atoms with Crippen LogP contribution in [-0.2, 0) is 34.8 Å². The van der Waals surface area contributed by atoms with Crippen LogP contribution in [-0.4, -0.2) is 47.1 Å². The highest BCUT2D eigenvalue weighted by Crippen LogP contribution is 2.32. The molecule has 1 aromatic rings. The highest BCUT2D eigenvalue weighted by molar-refractivity contribution is 7.85. The average molecular weight is 444 g/mol. The summed E-state index contributed by atoms with van der Waals surface area (Å²) in [6.45, 7) is 8.68. The minimum absolute atomic E-state index is 0.0355. The van der Waals surface area contributed by atoms with E-state index in [0.717, 1.165) is 0 Å². The van der Waals surface area contributed by atoms with Crippen LogP contribution in [0.25, 0.3) is 0 Å². The van der Waals surface area contributed by atoms with E-state index in [-0.39, 0.29) is 25.5 Å². The van der Waals surface area contributed by atoms with Gasteiger partial charge in [0, 0.05) is 12.3 Å². The maximum atomic E-state index is 13.5. The van der Waals surface area contributed by atoms with Gasteiger partial charge in [-0.1, -0.05) is 12.1 Å². The number of methoxy groups -OCH3 is 1. The first-order valence-corrected chi connectivity index (χ1v) is 10.8. The summed E-state index contributed by atoms with van der Waals surface area (Å²) >= 11 is 0. The number of rotatable bonds is 9. The molecule has 0 aliphatic heterocycles. The Kier molecular flexibility index (Phi) is 10.1. The second-order valence-electron chi connectivity index (χ2n) is 7.39. The van der Waals surface area contributed by atoms with Crippen molar-refractivity contribution in [2.75, 3.05) is 20.3 Å². The largest absolute Gasteiger partial charge is 0.484 e. The fourth-order valence-electron chi connectivity index (χ4n) is 2.60. The standard InChI is InChI=1S/C21H30FNO6S/c1-7-28-19(24)18(20(25)29-8-2)16(14-9-11-15(22)12-10-14)13-17(27-6)23-30(26)21(3,4)5/h9-12,16,18H,7-8,13H2,1-6H3/b23-17-/t16-,30+/m0/s1. The van der Waals surface area contributed by atoms with Gasteiger partial charge >= 0.3 is 11.9 Å². The lowest BCUT2D eigenvalue weighted by molar-refractivity contribution is -0.162. The van der Waals surface area contributed by atoms with Gasteiger partial charge in [-0.2, -0.15) is 4.40 Å². The Morgan fingerprint density at radius 2 is 1.57 bits per heavy atom. The van der Waals surface area contributed by atoms with Crippen molar-refractivity contribution in [3.63, 3.8) is 0 Å². The van der Waals surface area contributed by atoms with Crippen LogP contribution in [0.15, 0.2) is 28.7 Å². The topological polar surface area (TPSA) is 91.3 Å². The first-order valence-electron chi connectivity index (χ1n) is 9.67. The van der Waals surface area contributed by atoms with E-state index >= 15 is 0 Å². The Morgan fingerprint density at radius 1 is 1.07 bits per heavy atom. The zero-order valence-corrected chi connectivity index (χ0v) is 19.1. The van der Waals surface area contributed by atoms with Crippen molar-refractivity contribution in [3.8, 4) is 0 Å². The normalized spacial score (nSPS) is 14.2. The van der Waals surface area contributed by atoms with E-state index in [1.165, 1.54) is 31.4 Å². The molecule has 0 unspecified atom stereocenters. The van der Waals surface area contributed by atoms with E-state index in [4.69, 9.17) is 14.2 Å². The Balaban J connectivity index is 3.46. The van der Waals surface area contributed by atoms with Crippen LogP contribution in [0.3, 0.4) is 0 Å². The van der Waals surface area contributed by atoms with Gasteiger partial charge in [0.05, 0.1) is 25.1 Å². The molecule has 7 nitrogen and oxygen atoms in total. The third-order valence-corrected chi connectivity index (χ3v) is 5.54. The molecule has 0 radical (unpaired) electrons. The monoisotopic (exact) mass is 443 g/mol. The summed E-state index contributed by atoms with van der Waals surface area (Å²) < 4.78 is 44.9. The van der Waals surface area contributed by atoms with E-state index in [9.17, 15) is 18.2 Å². The molecule has 0 saturated heterocycles. The minimum atomic E-state index is -1.61. The van der Waals surface area contributed by atoms with Crippen LogP contribution < -0.4 is 0 Å². The number of hydrogen-bond acceptors (Lipinski definition) is 6. The lowest BCUT2D eigenvalue weighted by atomic mass is 9.83. The van der Waals surface area contributed by atoms with Crippen LogP contribution in [0, 0.1) is 11.7 Å². The summed E-state index contributed by atoms with van der Waals surface area (Å²) in [6, 6.07) is 5.40. The molecule has 0 heterocycles. The zero-order valence-electron chi connectivity index (χ0n) is 18.3. The lowest BCUT2D eigenvalue weighted by Crippen LogP contribution is -2.35. The number of ether oxygens (including phenoxy) is 3. The summed E-state index contributed by atoms with van der Waals surface area (Å²) in [7, 11) is -0.249. The quantitative estimate of drug-likeness (QED) is 0.251. The molecule has 0 bridgehead atoms. The molecular weight excluding hydrogens is 413 g/mol. The molecule has 0 aliphatic carbocycles. The van der Waals surface area contributed by atoms with Crippen LogP contribution in [0.2, 0.25) is 0 Å². The summed E-state index contributed by atoms with van der Waals surface area (Å²) in [6.07, 6.45) is -0.0355. The number of halogens is 1. The van der Waals surface area contributed by atoms with Crippen molar-refractivity contribution >= 4 is 28.8 Å². The van der Waals surface area contributed by atoms with Gasteiger partial charge in [-0.05, 0) is 52.3 Å². The van der Waals surface area contributed by atoms with Crippen molar-refractivity contribution in [1.82, 2.24) is 0 Å². The van der Waals surface area contributed by atoms with Crippen molar-refractivity contribution in [1.29, 1.82) is 0 Å². The summed E-state index contributed by atoms with van der Waals surface area (Å²) in [5, 5.41) is 0. The number of nitrogens with zero attached hydrogens (tertiary/aromatic N) is 1. The summed E-state index contributed by atoms with van der Waals surface area (Å²) in [5.41, 5.74) is 0.494. The Morgan fingerprint density at radius 3 is 1.97 bits per heavy atom. The molecule has 30 heavy (non-hydrogen) atoms. The maximum Gasteiger partial charge on any atom is 0.320 e. The van der Waals surface area contributed by atoms with Gasteiger partial charge in [0.15, 0.2) is 11.8 Å². The third kappa shape index (κ3) is 7.51. The van der Waals surface area contributed by atoms with Crippen LogP contribution >= 0.6 is 0 Å². The van der Waals surface area contributed by atoms with Crippen LogP contribution in [0.5, 0.6) is 0 Å². The first-order chi connectivity index (χ1) is 14.0. The SMILES string of the molecule is CCOC(=O)C(C(=O)OCC)[C@@H](C/C(=N/[S@](=O)C(C)(C)C)OC)c1ccc(F)cc1. The Hall–Kier alpha value is -2.29. The van der Waals surface area contributed by atoms with Gasteiger partial charge in [-0.25, -0.2) is 8.60 Å². The van der Waals surface area contributed by atoms with E-state index in [1.54, 1.807) is 34.6 Å². The number of carbonyl (C=O) groups excluding carboxylic acids is 2. The molecular formula is C21H30FNO6S. The van der Waals surface area contributed by atoms with Gasteiger partial charge < -0.3 is 14.2 Å². The van der Waals surface area contributed by atoms with Gasteiger partial charge in [-0.15, -0.1) is 0 Å². The highest BCUT2D eigenvalue weighted by atomic mass is 32.2. The molecule has 0 amide bonds. The predicted molar refractivity (Wildman–Crippen MR) is 113 cm³/mol. The summed E-state index contributed by atoms with van der Waals surface area (Å²) in [4.78, 5) is 25.3. The number of hydrogen-bond donors (Lipinski definition) is 0. The fraction of sp³-hybridized carbons (Fsp3) is 0.571. The van der Waals surface area contributed by atoms with Gasteiger partial charge in [0.1, 0.15) is 16.8 Å². The predicted octanol–water partition coefficient (Wildman–Crippen LogP) is 3.55. The van der Waals surface area contributed by atoms with Crippen molar-refractivity contribution in [2.24, 2.45) is 10.3 Å². The second kappa shape index (κ2) is 11.8. The molecule has 0 aliphatic rings. The van der Waals surface area contributed by atoms with Crippen molar-refractivity contribution < 1.29 is 32.4 Å². The zero-order chi connectivity index (χ0) is 22.9. The number of esters is 2. The van der Waals surface area contributed by atoms with E-state index in [1.807, 2.05) is 0 Å². The molecule has 0 spiro atoms. The van der Waals surface area contributed by atoms with Crippen LogP contribution in [0.1, 0.15) is 52.5 Å². The number of carbonyl (C=O) groups is 2. The molecule has 1 rings (SSSR count). The maximum absolute atomic E-state index is 13.5. The molecule has 168 valence electrons. The Bertz CT molecular complexity index is 755. The molecule has 0 fully saturated rings. The second-order valence-corrected chi connectivity index (χ2v) is 9.30. The van der Waals surface area contributed by atoms with Crippen LogP contribution in [0.4, 0.5) is 4.39 Å². The van der Waals surface area contributed by atoms with Crippen molar-refractivity contribution in [2.45, 2.75) is 51.7 Å². The molecule has 0 aromatic heterocycles. The highest BCUT2D eigenvalue weighted by Gasteiger charge is 2.39. The number of benzene rings is 1. The molecule has 2 atom stereocenters. The van der Waals surface area contributed by atoms with Crippen molar-refractivity contribution in [3.05, 3.63) is 35.6 Å². The van der Waals surface area contributed by atoms with Gasteiger partial charge in [0.25, 0.3) is 0 Å². The third-order valence-electron chi connectivity index (χ3n) is 4.12. The van der Waals surface area contributed by atoms with E-state index in [2.05, 4.69) is 4.40 Å². The molecule has 1 aromatic carbocycles. The lowest BCUT2D eigenvalue weighted by Gasteiger charge is -2.25. The van der Waals surface area contributed by atoms with E-state index in [0.29, 0.717) is 5.56 Å². The fourth-order valence-corrected chi connectivity index (χ4v) is 3.21. The summed E-state index contributed by atoms with van der Waals surface area (Å²) in [5.74, 6) is -4.04. The Labute approximate surface area is 179 Å². The first kappa shape index (κ1) is 25.7. The van der Waals surface area contributed by atoms with Gasteiger partial charge in [0.2, 0.25) is 0 Å². The van der Waals surface area contributed by atoms with E-state index < -0.39 is 45.3 Å². The molecule has 0 N–H and O–H groups in total.